The molecule has 1 amide bonds. The summed E-state index contributed by atoms with van der Waals surface area (Å²) in [5.41, 5.74) is 5.70. The number of hydrogen-bond acceptors (Lipinski definition) is 4. The molecule has 1 aliphatic carbocycles. The average molecular weight is 313 g/mol. The van der Waals surface area contributed by atoms with Crippen molar-refractivity contribution in [1.82, 2.24) is 5.32 Å². The fourth-order valence-corrected chi connectivity index (χ4v) is 3.12. The van der Waals surface area contributed by atoms with Crippen molar-refractivity contribution < 1.29 is 13.2 Å². The van der Waals surface area contributed by atoms with Crippen LogP contribution in [0.15, 0.2) is 0 Å². The maximum absolute atomic E-state index is 11.7. The highest BCUT2D eigenvalue weighted by Crippen LogP contribution is 2.23. The minimum absolute atomic E-state index is 0. The van der Waals surface area contributed by atoms with Gasteiger partial charge in [0.15, 0.2) is 0 Å². The van der Waals surface area contributed by atoms with Gasteiger partial charge in [-0.2, -0.15) is 0 Å². The van der Waals surface area contributed by atoms with Crippen LogP contribution in [0.3, 0.4) is 0 Å². The summed E-state index contributed by atoms with van der Waals surface area (Å²) < 4.78 is 21.9. The standard InChI is InChI=1S/C12H24N2O3S.ClH/c1-18(16,17)8-4-7-12(15)14-11-6-3-2-5-10(11)9-13;/h10-11H,2-9,13H2,1H3,(H,14,15);1H. The number of sulfone groups is 1. The molecule has 5 nitrogen and oxygen atoms in total. The summed E-state index contributed by atoms with van der Waals surface area (Å²) in [6.07, 6.45) is 6.24. The van der Waals surface area contributed by atoms with Crippen LogP contribution in [0.4, 0.5) is 0 Å². The van der Waals surface area contributed by atoms with Gasteiger partial charge in [0.1, 0.15) is 9.84 Å². The summed E-state index contributed by atoms with van der Waals surface area (Å²) in [4.78, 5) is 11.7. The highest BCUT2D eigenvalue weighted by Gasteiger charge is 2.25. The first-order chi connectivity index (χ1) is 8.42. The van der Waals surface area contributed by atoms with Gasteiger partial charge in [-0.25, -0.2) is 8.42 Å². The minimum atomic E-state index is -2.97. The Bertz CT molecular complexity index is 373. The molecule has 0 radical (unpaired) electrons. The summed E-state index contributed by atoms with van der Waals surface area (Å²) in [5, 5.41) is 2.99. The molecule has 1 aliphatic rings. The fourth-order valence-electron chi connectivity index (χ4n) is 2.45. The van der Waals surface area contributed by atoms with E-state index in [4.69, 9.17) is 5.73 Å². The van der Waals surface area contributed by atoms with E-state index < -0.39 is 9.84 Å². The van der Waals surface area contributed by atoms with Gasteiger partial charge >= 0.3 is 0 Å². The van der Waals surface area contributed by atoms with E-state index in [1.54, 1.807) is 0 Å². The summed E-state index contributed by atoms with van der Waals surface area (Å²) in [7, 11) is -2.97. The van der Waals surface area contributed by atoms with E-state index in [1.807, 2.05) is 0 Å². The molecule has 0 aliphatic heterocycles. The smallest absolute Gasteiger partial charge is 0.220 e. The highest BCUT2D eigenvalue weighted by atomic mass is 35.5. The van der Waals surface area contributed by atoms with Crippen molar-refractivity contribution in [2.75, 3.05) is 18.6 Å². The van der Waals surface area contributed by atoms with Crippen molar-refractivity contribution in [2.45, 2.75) is 44.6 Å². The van der Waals surface area contributed by atoms with Crippen LogP contribution in [-0.4, -0.2) is 38.9 Å². The SMILES string of the molecule is CS(=O)(=O)CCCC(=O)NC1CCCCC1CN.Cl. The molecule has 0 aromatic heterocycles. The first kappa shape index (κ1) is 18.7. The van der Waals surface area contributed by atoms with Crippen LogP contribution < -0.4 is 11.1 Å². The van der Waals surface area contributed by atoms with Crippen molar-refractivity contribution in [3.05, 3.63) is 0 Å². The summed E-state index contributed by atoms with van der Waals surface area (Å²) in [6, 6.07) is 0.175. The lowest BCUT2D eigenvalue weighted by molar-refractivity contribution is -0.122. The predicted molar refractivity (Wildman–Crippen MR) is 79.1 cm³/mol. The summed E-state index contributed by atoms with van der Waals surface area (Å²) >= 11 is 0. The van der Waals surface area contributed by atoms with Gasteiger partial charge in [-0.15, -0.1) is 12.4 Å². The Hall–Kier alpha value is -0.330. The van der Waals surface area contributed by atoms with Gasteiger partial charge in [0.25, 0.3) is 0 Å². The molecule has 2 unspecified atom stereocenters. The predicted octanol–water partition coefficient (Wildman–Crippen LogP) is 0.867. The molecular weight excluding hydrogens is 288 g/mol. The van der Waals surface area contributed by atoms with E-state index in [0.717, 1.165) is 19.3 Å². The number of hydrogen-bond donors (Lipinski definition) is 2. The average Bonchev–Trinajstić information content (AvgIpc) is 2.28. The zero-order chi connectivity index (χ0) is 13.6. The minimum Gasteiger partial charge on any atom is -0.353 e. The van der Waals surface area contributed by atoms with E-state index in [0.29, 0.717) is 18.9 Å². The quantitative estimate of drug-likeness (QED) is 0.761. The molecule has 0 heterocycles. The maximum Gasteiger partial charge on any atom is 0.220 e. The zero-order valence-electron chi connectivity index (χ0n) is 11.4. The summed E-state index contributed by atoms with van der Waals surface area (Å²) in [6.45, 7) is 0.605. The molecule has 0 bridgehead atoms. The number of halogens is 1. The molecule has 0 aromatic rings. The van der Waals surface area contributed by atoms with Gasteiger partial charge in [-0.3, -0.25) is 4.79 Å². The van der Waals surface area contributed by atoms with Crippen LogP contribution in [0.1, 0.15) is 38.5 Å². The Morgan fingerprint density at radius 2 is 1.95 bits per heavy atom. The third kappa shape index (κ3) is 7.74. The van der Waals surface area contributed by atoms with Gasteiger partial charge in [0, 0.05) is 18.7 Å². The van der Waals surface area contributed by atoms with Gasteiger partial charge in [-0.05, 0) is 31.7 Å². The second-order valence-corrected chi connectivity index (χ2v) is 7.45. The van der Waals surface area contributed by atoms with Crippen LogP contribution in [0.5, 0.6) is 0 Å². The zero-order valence-corrected chi connectivity index (χ0v) is 13.1. The highest BCUT2D eigenvalue weighted by molar-refractivity contribution is 7.90. The Morgan fingerprint density at radius 1 is 1.32 bits per heavy atom. The van der Waals surface area contributed by atoms with Gasteiger partial charge in [0.05, 0.1) is 5.75 Å². The van der Waals surface area contributed by atoms with Crippen LogP contribution in [0.25, 0.3) is 0 Å². The largest absolute Gasteiger partial charge is 0.353 e. The number of rotatable bonds is 6. The normalized spacial score (nSPS) is 23.5. The monoisotopic (exact) mass is 312 g/mol. The lowest BCUT2D eigenvalue weighted by atomic mass is 9.84. The lowest BCUT2D eigenvalue weighted by Crippen LogP contribution is -2.44. The van der Waals surface area contributed by atoms with Gasteiger partial charge < -0.3 is 11.1 Å². The maximum atomic E-state index is 11.7. The number of amides is 1. The third-order valence-corrected chi connectivity index (χ3v) is 4.51. The topological polar surface area (TPSA) is 89.3 Å². The first-order valence-electron chi connectivity index (χ1n) is 6.59. The molecule has 0 saturated heterocycles. The molecule has 0 aromatic carbocycles. The molecule has 114 valence electrons. The number of nitrogens with two attached hydrogens (primary N) is 1. The molecule has 0 spiro atoms. The van der Waals surface area contributed by atoms with E-state index in [9.17, 15) is 13.2 Å². The lowest BCUT2D eigenvalue weighted by Gasteiger charge is -2.31. The number of nitrogens with one attached hydrogen (secondary N) is 1. The number of carbonyl (C=O) groups is 1. The van der Waals surface area contributed by atoms with Crippen LogP contribution in [-0.2, 0) is 14.6 Å². The molecule has 19 heavy (non-hydrogen) atoms. The molecular formula is C12H25ClN2O3S. The second-order valence-electron chi connectivity index (χ2n) is 5.19. The van der Waals surface area contributed by atoms with Gasteiger partial charge in [-0.1, -0.05) is 12.8 Å². The Balaban J connectivity index is 0.00000324. The molecule has 1 rings (SSSR count). The Kier molecular flexibility index (Phi) is 8.61. The van der Waals surface area contributed by atoms with Gasteiger partial charge in [0.2, 0.25) is 5.91 Å². The van der Waals surface area contributed by atoms with Crippen molar-refractivity contribution in [2.24, 2.45) is 11.7 Å². The van der Waals surface area contributed by atoms with E-state index in [2.05, 4.69) is 5.32 Å². The first-order valence-corrected chi connectivity index (χ1v) is 8.65. The van der Waals surface area contributed by atoms with E-state index in [1.165, 1.54) is 12.7 Å². The van der Waals surface area contributed by atoms with Crippen molar-refractivity contribution >= 4 is 28.2 Å². The molecule has 2 atom stereocenters. The fraction of sp³-hybridized carbons (Fsp3) is 0.917. The van der Waals surface area contributed by atoms with Crippen molar-refractivity contribution in [3.63, 3.8) is 0 Å². The molecule has 3 N–H and O–H groups in total. The molecule has 1 fully saturated rings. The molecule has 1 saturated carbocycles. The van der Waals surface area contributed by atoms with E-state index in [-0.39, 0.29) is 36.5 Å². The summed E-state index contributed by atoms with van der Waals surface area (Å²) in [5.74, 6) is 0.396. The Morgan fingerprint density at radius 3 is 2.53 bits per heavy atom. The van der Waals surface area contributed by atoms with Crippen LogP contribution >= 0.6 is 12.4 Å². The van der Waals surface area contributed by atoms with Crippen molar-refractivity contribution in [1.29, 1.82) is 0 Å². The third-order valence-electron chi connectivity index (χ3n) is 3.48. The second kappa shape index (κ2) is 8.76. The van der Waals surface area contributed by atoms with Crippen LogP contribution in [0, 0.1) is 5.92 Å². The number of carbonyl (C=O) groups excluding carboxylic acids is 1. The Labute approximate surface area is 122 Å². The van der Waals surface area contributed by atoms with E-state index >= 15 is 0 Å². The van der Waals surface area contributed by atoms with Crippen LogP contribution in [0.2, 0.25) is 0 Å². The molecule has 7 heteroatoms. The van der Waals surface area contributed by atoms with Crippen molar-refractivity contribution in [3.8, 4) is 0 Å².